The number of methoxy groups -OCH3 is 1. The first-order valence-electron chi connectivity index (χ1n) is 15.8. The van der Waals surface area contributed by atoms with Gasteiger partial charge in [-0.1, -0.05) is 32.1 Å². The highest BCUT2D eigenvalue weighted by atomic mass is 16.7. The maximum absolute atomic E-state index is 13.1. The first-order chi connectivity index (χ1) is 21.6. The van der Waals surface area contributed by atoms with Gasteiger partial charge in [0.2, 0.25) is 10.9 Å². The van der Waals surface area contributed by atoms with Gasteiger partial charge in [0.15, 0.2) is 11.5 Å². The second kappa shape index (κ2) is 12.7. The Kier molecular flexibility index (Phi) is 9.26. The Morgan fingerprint density at radius 3 is 2.48 bits per heavy atom. The molecule has 10 nitrogen and oxygen atoms in total. The standard InChI is InChI=1S/C36H44O10/c1-21-14-28(39)31(44-33(41)43-13-12-42-6)19-30-25(21)16-23-17-32(40)36(5)24(20-34(2,3)10-7-11-35(23,4)45-30)15-22-8-9-26(37)27(38)18-29(22)46-36/h7-10,14,18-19,23-24,32,40H,11-13,15-17,20H2,1-6H3,(H,37,38)/b10-7+/t23-,24-,32-,35-,36-/m0/s1. The molecule has 0 bridgehead atoms. The van der Waals surface area contributed by atoms with E-state index in [0.29, 0.717) is 49.2 Å². The van der Waals surface area contributed by atoms with Gasteiger partial charge in [0.25, 0.3) is 0 Å². The molecule has 5 atom stereocenters. The van der Waals surface area contributed by atoms with E-state index in [4.69, 9.17) is 23.7 Å². The first-order valence-corrected chi connectivity index (χ1v) is 15.8. The summed E-state index contributed by atoms with van der Waals surface area (Å²) in [6.07, 6.45) is 4.93. The molecule has 2 aromatic rings. The van der Waals surface area contributed by atoms with Crippen molar-refractivity contribution in [3.8, 4) is 23.0 Å². The predicted octanol–water partition coefficient (Wildman–Crippen LogP) is 5.03. The molecule has 0 saturated carbocycles. The highest BCUT2D eigenvalue weighted by molar-refractivity contribution is 5.64. The Hall–Kier alpha value is -3.89. The van der Waals surface area contributed by atoms with Gasteiger partial charge in [-0.25, -0.2) is 4.79 Å². The molecule has 248 valence electrons. The topological polar surface area (TPSA) is 138 Å². The summed E-state index contributed by atoms with van der Waals surface area (Å²) in [5.41, 5.74) is -0.907. The van der Waals surface area contributed by atoms with Crippen molar-refractivity contribution in [2.24, 2.45) is 17.3 Å². The maximum atomic E-state index is 13.1. The second-order valence-corrected chi connectivity index (χ2v) is 13.9. The van der Waals surface area contributed by atoms with E-state index in [1.165, 1.54) is 31.4 Å². The summed E-state index contributed by atoms with van der Waals surface area (Å²) >= 11 is 0. The zero-order chi connectivity index (χ0) is 33.4. The smallest absolute Gasteiger partial charge is 0.504 e. The van der Waals surface area contributed by atoms with Crippen LogP contribution in [-0.4, -0.2) is 54.0 Å². The lowest BCUT2D eigenvalue weighted by Crippen LogP contribution is -2.57. The number of fused-ring (bicyclic) bond motifs is 4. The zero-order valence-corrected chi connectivity index (χ0v) is 27.4. The van der Waals surface area contributed by atoms with Crippen molar-refractivity contribution < 1.29 is 38.7 Å². The molecule has 3 aliphatic rings. The molecule has 2 aliphatic heterocycles. The molecule has 2 aromatic carbocycles. The van der Waals surface area contributed by atoms with E-state index < -0.39 is 34.3 Å². The number of aromatic hydroxyl groups is 1. The van der Waals surface area contributed by atoms with E-state index in [0.717, 1.165) is 11.1 Å². The number of carbonyl (C=O) groups excluding carboxylic acids is 1. The molecule has 0 saturated heterocycles. The number of aryl methyl sites for hydroxylation is 1. The monoisotopic (exact) mass is 636 g/mol. The fraction of sp³-hybridized carbons (Fsp3) is 0.528. The number of aliphatic hydroxyl groups excluding tert-OH is 1. The summed E-state index contributed by atoms with van der Waals surface area (Å²) in [5, 5.41) is 22.2. The van der Waals surface area contributed by atoms with E-state index in [-0.39, 0.29) is 42.0 Å². The summed E-state index contributed by atoms with van der Waals surface area (Å²) in [7, 11) is 1.48. The van der Waals surface area contributed by atoms with Crippen molar-refractivity contribution in [3.05, 3.63) is 79.6 Å². The highest BCUT2D eigenvalue weighted by Gasteiger charge is 2.51. The van der Waals surface area contributed by atoms with E-state index in [1.807, 2.05) is 20.8 Å². The van der Waals surface area contributed by atoms with E-state index in [2.05, 4.69) is 26.0 Å². The van der Waals surface area contributed by atoms with Crippen molar-refractivity contribution >= 4 is 6.16 Å². The molecule has 0 unspecified atom stereocenters. The number of carbonyl (C=O) groups is 1. The van der Waals surface area contributed by atoms with Gasteiger partial charge in [-0.2, -0.15) is 0 Å². The Bertz CT molecular complexity index is 1650. The van der Waals surface area contributed by atoms with Crippen LogP contribution in [0.15, 0.2) is 52.1 Å². The number of aliphatic hydroxyl groups is 1. The summed E-state index contributed by atoms with van der Waals surface area (Å²) < 4.78 is 28.5. The van der Waals surface area contributed by atoms with Crippen LogP contribution >= 0.6 is 0 Å². The highest BCUT2D eigenvalue weighted by Crippen LogP contribution is 2.49. The van der Waals surface area contributed by atoms with Crippen LogP contribution in [0.1, 0.15) is 63.6 Å². The Balaban J connectivity index is 1.54. The third-order valence-corrected chi connectivity index (χ3v) is 9.90. The minimum atomic E-state index is -1.05. The van der Waals surface area contributed by atoms with Crippen LogP contribution in [0.3, 0.4) is 0 Å². The molecule has 46 heavy (non-hydrogen) atoms. The van der Waals surface area contributed by atoms with Gasteiger partial charge >= 0.3 is 6.16 Å². The van der Waals surface area contributed by atoms with Crippen LogP contribution in [0.4, 0.5) is 4.79 Å². The molecular weight excluding hydrogens is 592 g/mol. The average Bonchev–Trinajstić information content (AvgIpc) is 3.17. The number of hydrogen-bond acceptors (Lipinski definition) is 10. The van der Waals surface area contributed by atoms with Crippen LogP contribution in [0.25, 0.3) is 0 Å². The lowest BCUT2D eigenvalue weighted by Gasteiger charge is -2.49. The lowest BCUT2D eigenvalue weighted by atomic mass is 9.68. The predicted molar refractivity (Wildman–Crippen MR) is 171 cm³/mol. The molecule has 0 aromatic heterocycles. The lowest BCUT2D eigenvalue weighted by molar-refractivity contribution is -0.117. The number of hydrogen-bond donors (Lipinski definition) is 2. The molecule has 0 spiro atoms. The van der Waals surface area contributed by atoms with E-state index in [9.17, 15) is 24.6 Å². The van der Waals surface area contributed by atoms with Crippen molar-refractivity contribution in [2.75, 3.05) is 20.3 Å². The minimum Gasteiger partial charge on any atom is -0.504 e. The van der Waals surface area contributed by atoms with Gasteiger partial charge in [0, 0.05) is 37.5 Å². The van der Waals surface area contributed by atoms with Crippen molar-refractivity contribution in [1.29, 1.82) is 0 Å². The van der Waals surface area contributed by atoms with Gasteiger partial charge in [0.1, 0.15) is 29.3 Å². The summed E-state index contributed by atoms with van der Waals surface area (Å²) in [4.78, 5) is 37.9. The van der Waals surface area contributed by atoms with Crippen molar-refractivity contribution in [1.82, 2.24) is 0 Å². The molecule has 2 heterocycles. The van der Waals surface area contributed by atoms with Crippen LogP contribution in [0.2, 0.25) is 0 Å². The summed E-state index contributed by atoms with van der Waals surface area (Å²) in [6, 6.07) is 7.29. The Morgan fingerprint density at radius 1 is 0.978 bits per heavy atom. The normalized spacial score (nSPS) is 28.7. The molecular formula is C36H44O10. The maximum Gasteiger partial charge on any atom is 0.514 e. The molecule has 0 radical (unpaired) electrons. The molecule has 0 fully saturated rings. The molecule has 1 aliphatic carbocycles. The Morgan fingerprint density at radius 2 is 1.74 bits per heavy atom. The fourth-order valence-electron chi connectivity index (χ4n) is 7.04. The SMILES string of the molecule is COCCOC(=O)Oc1cc2c(c(C)cc1=O)C[C@H]1C[C@H](O)[C@@]3(C)Oc4cc(=O)c(O)ccc4C[C@H]3CC(C)(C)/C=C/C[C@]1(C)O2. The second-order valence-electron chi connectivity index (χ2n) is 13.9. The first kappa shape index (κ1) is 33.5. The van der Waals surface area contributed by atoms with Crippen LogP contribution in [0.5, 0.6) is 23.0 Å². The average molecular weight is 637 g/mol. The third kappa shape index (κ3) is 6.78. The Labute approximate surface area is 268 Å². The van der Waals surface area contributed by atoms with E-state index >= 15 is 0 Å². The number of rotatable bonds is 4. The number of allylic oxidation sites excluding steroid dienone is 1. The van der Waals surface area contributed by atoms with Crippen molar-refractivity contribution in [2.45, 2.75) is 84.0 Å². The summed E-state index contributed by atoms with van der Waals surface area (Å²) in [5.74, 6) is -0.0840. The largest absolute Gasteiger partial charge is 0.514 e. The fourth-order valence-corrected chi connectivity index (χ4v) is 7.04. The van der Waals surface area contributed by atoms with Crippen LogP contribution < -0.4 is 25.1 Å². The van der Waals surface area contributed by atoms with Gasteiger partial charge in [-0.15, -0.1) is 0 Å². The minimum absolute atomic E-state index is 0.0189. The van der Waals surface area contributed by atoms with Gasteiger partial charge in [0.05, 0.1) is 12.7 Å². The van der Waals surface area contributed by atoms with Gasteiger partial charge in [-0.05, 0) is 80.7 Å². The molecule has 2 N–H and O–H groups in total. The summed E-state index contributed by atoms with van der Waals surface area (Å²) in [6.45, 7) is 10.2. The van der Waals surface area contributed by atoms with Crippen LogP contribution in [0, 0.1) is 24.2 Å². The molecule has 0 amide bonds. The van der Waals surface area contributed by atoms with Crippen LogP contribution in [-0.2, 0) is 22.3 Å². The van der Waals surface area contributed by atoms with E-state index in [1.54, 1.807) is 6.07 Å². The molecule has 5 rings (SSSR count). The van der Waals surface area contributed by atoms with Gasteiger partial charge < -0.3 is 33.9 Å². The zero-order valence-electron chi connectivity index (χ0n) is 27.4. The van der Waals surface area contributed by atoms with Crippen molar-refractivity contribution in [3.63, 3.8) is 0 Å². The number of ether oxygens (including phenoxy) is 5. The quantitative estimate of drug-likeness (QED) is 0.267. The molecule has 10 heteroatoms. The van der Waals surface area contributed by atoms with Gasteiger partial charge in [-0.3, -0.25) is 9.59 Å². The third-order valence-electron chi connectivity index (χ3n) is 9.90.